The molecule has 1 fully saturated rings. The maximum atomic E-state index is 13.2. The number of ether oxygens (including phenoxy) is 1. The van der Waals surface area contributed by atoms with Gasteiger partial charge in [-0.05, 0) is 30.3 Å². The highest BCUT2D eigenvalue weighted by molar-refractivity contribution is 7.99. The van der Waals surface area contributed by atoms with E-state index in [1.165, 1.54) is 29.8 Å². The summed E-state index contributed by atoms with van der Waals surface area (Å²) in [4.78, 5) is 37.8. The molecule has 1 aromatic carbocycles. The first-order valence-corrected chi connectivity index (χ1v) is 9.02. The molecular weight excluding hydrogens is 380 g/mol. The van der Waals surface area contributed by atoms with Crippen LogP contribution in [0.2, 0.25) is 0 Å². The summed E-state index contributed by atoms with van der Waals surface area (Å²) in [7, 11) is 0. The molecule has 0 N–H and O–H groups in total. The van der Waals surface area contributed by atoms with Crippen LogP contribution < -0.4 is 0 Å². The number of rotatable bonds is 5. The number of furan rings is 1. The minimum Gasteiger partial charge on any atom is -0.466 e. The number of esters is 1. The lowest BCUT2D eigenvalue weighted by Crippen LogP contribution is -2.43. The molecule has 0 saturated carbocycles. The maximum Gasteiger partial charge on any atom is 0.330 e. The first-order valence-electron chi connectivity index (χ1n) is 7.97. The quantitative estimate of drug-likeness (QED) is 0.572. The molecule has 1 amide bonds. The second kappa shape index (κ2) is 7.91. The van der Waals surface area contributed by atoms with E-state index in [1.54, 1.807) is 12.1 Å². The van der Waals surface area contributed by atoms with Crippen LogP contribution in [0.3, 0.4) is 0 Å². The first-order chi connectivity index (χ1) is 12.9. The summed E-state index contributed by atoms with van der Waals surface area (Å²) in [6.45, 7) is 0.691. The highest BCUT2D eigenvalue weighted by atomic mass is 32.2. The largest absolute Gasteiger partial charge is 0.466 e. The number of hydrogen-bond donors (Lipinski definition) is 0. The van der Waals surface area contributed by atoms with Crippen molar-refractivity contribution in [2.45, 2.75) is 18.3 Å². The van der Waals surface area contributed by atoms with Crippen LogP contribution in [-0.4, -0.2) is 41.0 Å². The Morgan fingerprint density at radius 2 is 2.04 bits per heavy atom. The summed E-state index contributed by atoms with van der Waals surface area (Å²) >= 11 is 1.34. The highest BCUT2D eigenvalue weighted by Gasteiger charge is 2.43. The van der Waals surface area contributed by atoms with Crippen LogP contribution in [-0.2, 0) is 14.3 Å². The number of benzene rings is 1. The number of carbonyl (C=O) groups is 3. The second-order valence-electron chi connectivity index (χ2n) is 5.80. The van der Waals surface area contributed by atoms with Crippen LogP contribution in [0.1, 0.15) is 28.4 Å². The third-order valence-electron chi connectivity index (χ3n) is 4.01. The number of halogens is 2. The molecule has 0 spiro atoms. The van der Waals surface area contributed by atoms with E-state index in [9.17, 15) is 23.2 Å². The number of Topliss-reactive ketones (excluding diaryl/α,β-unsaturated/α-hetero) is 1. The van der Waals surface area contributed by atoms with Crippen LogP contribution in [0, 0.1) is 11.6 Å². The summed E-state index contributed by atoms with van der Waals surface area (Å²) in [5, 5.41) is -0.461. The number of amides is 1. The Morgan fingerprint density at radius 1 is 1.26 bits per heavy atom. The molecule has 0 aliphatic carbocycles. The Hall–Kier alpha value is -2.68. The van der Waals surface area contributed by atoms with E-state index in [0.29, 0.717) is 5.76 Å². The highest BCUT2D eigenvalue weighted by Crippen LogP contribution is 2.41. The number of carbonyl (C=O) groups excluding carboxylic acids is 3. The maximum absolute atomic E-state index is 13.2. The predicted octanol–water partition coefficient (Wildman–Crippen LogP) is 2.95. The zero-order chi connectivity index (χ0) is 19.6. The summed E-state index contributed by atoms with van der Waals surface area (Å²) in [6, 6.07) is 5.18. The number of hydrogen-bond acceptors (Lipinski definition) is 6. The van der Waals surface area contributed by atoms with E-state index in [2.05, 4.69) is 0 Å². The average Bonchev–Trinajstić information content (AvgIpc) is 3.30. The van der Waals surface area contributed by atoms with Gasteiger partial charge >= 0.3 is 5.97 Å². The monoisotopic (exact) mass is 395 g/mol. The smallest absolute Gasteiger partial charge is 0.330 e. The molecule has 1 aliphatic heterocycles. The van der Waals surface area contributed by atoms with Crippen LogP contribution in [0.4, 0.5) is 8.78 Å². The van der Waals surface area contributed by atoms with Crippen LogP contribution in [0.15, 0.2) is 41.0 Å². The molecular formula is C18H15F2NO5S. The third kappa shape index (κ3) is 4.02. The van der Waals surface area contributed by atoms with Crippen molar-refractivity contribution >= 4 is 29.4 Å². The Kier molecular flexibility index (Phi) is 5.59. The molecule has 3 rings (SSSR count). The zero-order valence-electron chi connectivity index (χ0n) is 14.2. The topological polar surface area (TPSA) is 76.8 Å². The molecule has 0 unspecified atom stereocenters. The van der Waals surface area contributed by atoms with Gasteiger partial charge in [0, 0.05) is 18.2 Å². The standard InChI is InChI=1S/C18H15F2NO5S/c1-10(22)21-14(9-27-17(21)16-3-2-6-25-16)18(24)26-8-15(23)11-4-5-12(19)13(20)7-11/h2-7,14,17H,8-9H2,1H3/t14-,17+/m1/s1. The predicted molar refractivity (Wildman–Crippen MR) is 91.9 cm³/mol. The Labute approximate surface area is 157 Å². The summed E-state index contributed by atoms with van der Waals surface area (Å²) < 4.78 is 36.5. The van der Waals surface area contributed by atoms with Gasteiger partial charge in [0.15, 0.2) is 24.0 Å². The van der Waals surface area contributed by atoms with Crippen molar-refractivity contribution in [2.24, 2.45) is 0 Å². The first kappa shape index (κ1) is 19.1. The van der Waals surface area contributed by atoms with Gasteiger partial charge in [-0.25, -0.2) is 13.6 Å². The molecule has 142 valence electrons. The van der Waals surface area contributed by atoms with Gasteiger partial charge in [0.05, 0.1) is 6.26 Å². The van der Waals surface area contributed by atoms with E-state index in [4.69, 9.17) is 9.15 Å². The summed E-state index contributed by atoms with van der Waals surface area (Å²) in [5.41, 5.74) is -0.112. The summed E-state index contributed by atoms with van der Waals surface area (Å²) in [5.74, 6) is -3.19. The van der Waals surface area contributed by atoms with Crippen molar-refractivity contribution in [2.75, 3.05) is 12.4 Å². The van der Waals surface area contributed by atoms with E-state index in [1.807, 2.05) is 0 Å². The number of nitrogens with zero attached hydrogens (tertiary/aromatic N) is 1. The molecule has 1 aliphatic rings. The normalized spacial score (nSPS) is 19.1. The van der Waals surface area contributed by atoms with Gasteiger partial charge in [0.25, 0.3) is 0 Å². The molecule has 6 nitrogen and oxygen atoms in total. The molecule has 0 radical (unpaired) electrons. The Morgan fingerprint density at radius 3 is 2.67 bits per heavy atom. The SMILES string of the molecule is CC(=O)N1[C@@H](C(=O)OCC(=O)c2ccc(F)c(F)c2)CS[C@H]1c1ccco1. The van der Waals surface area contributed by atoms with E-state index in [-0.39, 0.29) is 17.2 Å². The minimum atomic E-state index is -1.16. The lowest BCUT2D eigenvalue weighted by atomic mass is 10.1. The number of thioether (sulfide) groups is 1. The number of ketones is 1. The lowest BCUT2D eigenvalue weighted by Gasteiger charge is -2.25. The van der Waals surface area contributed by atoms with Gasteiger partial charge in [-0.15, -0.1) is 11.8 Å². The Balaban J connectivity index is 1.65. The van der Waals surface area contributed by atoms with Crippen LogP contribution in [0.25, 0.3) is 0 Å². The van der Waals surface area contributed by atoms with Gasteiger partial charge in [-0.2, -0.15) is 0 Å². The van der Waals surface area contributed by atoms with E-state index < -0.39 is 41.4 Å². The fraction of sp³-hybridized carbons (Fsp3) is 0.278. The van der Waals surface area contributed by atoms with Crippen molar-refractivity contribution in [3.05, 3.63) is 59.6 Å². The van der Waals surface area contributed by atoms with Crippen molar-refractivity contribution in [1.29, 1.82) is 0 Å². The average molecular weight is 395 g/mol. The van der Waals surface area contributed by atoms with Crippen LogP contribution in [0.5, 0.6) is 0 Å². The molecule has 2 heterocycles. The van der Waals surface area contributed by atoms with E-state index >= 15 is 0 Å². The zero-order valence-corrected chi connectivity index (χ0v) is 15.0. The lowest BCUT2D eigenvalue weighted by molar-refractivity contribution is -0.152. The minimum absolute atomic E-state index is 0.112. The third-order valence-corrected chi connectivity index (χ3v) is 5.29. The fourth-order valence-electron chi connectivity index (χ4n) is 2.71. The molecule has 0 bridgehead atoms. The van der Waals surface area contributed by atoms with Gasteiger partial charge in [0.1, 0.15) is 17.2 Å². The molecule has 27 heavy (non-hydrogen) atoms. The molecule has 2 aromatic rings. The van der Waals surface area contributed by atoms with Crippen molar-refractivity contribution in [1.82, 2.24) is 4.90 Å². The summed E-state index contributed by atoms with van der Waals surface area (Å²) in [6.07, 6.45) is 1.47. The van der Waals surface area contributed by atoms with Gasteiger partial charge in [-0.3, -0.25) is 9.59 Å². The fourth-order valence-corrected chi connectivity index (χ4v) is 4.12. The second-order valence-corrected chi connectivity index (χ2v) is 6.92. The van der Waals surface area contributed by atoms with Gasteiger partial charge in [0.2, 0.25) is 5.91 Å². The van der Waals surface area contributed by atoms with E-state index in [0.717, 1.165) is 18.2 Å². The molecule has 9 heteroatoms. The van der Waals surface area contributed by atoms with Crippen LogP contribution >= 0.6 is 11.8 Å². The van der Waals surface area contributed by atoms with Gasteiger partial charge < -0.3 is 14.1 Å². The van der Waals surface area contributed by atoms with Gasteiger partial charge in [-0.1, -0.05) is 0 Å². The molecule has 1 aromatic heterocycles. The van der Waals surface area contributed by atoms with Crippen molar-refractivity contribution in [3.63, 3.8) is 0 Å². The van der Waals surface area contributed by atoms with Crippen molar-refractivity contribution < 1.29 is 32.3 Å². The molecule has 2 atom stereocenters. The molecule has 1 saturated heterocycles. The Bertz CT molecular complexity index is 871. The van der Waals surface area contributed by atoms with Crippen molar-refractivity contribution in [3.8, 4) is 0 Å².